The Hall–Kier alpha value is -1.91. The van der Waals surface area contributed by atoms with E-state index < -0.39 is 0 Å². The van der Waals surface area contributed by atoms with Crippen molar-refractivity contribution < 1.29 is 4.39 Å². The number of nitrogen functional groups attached to an aromatic ring is 1. The second-order valence-electron chi connectivity index (χ2n) is 4.33. The highest BCUT2D eigenvalue weighted by Crippen LogP contribution is 2.29. The molecule has 5 heteroatoms. The predicted molar refractivity (Wildman–Crippen MR) is 61.9 cm³/mol. The molecule has 0 radical (unpaired) electrons. The number of fused-ring (bicyclic) bond motifs is 1. The summed E-state index contributed by atoms with van der Waals surface area (Å²) in [5, 5.41) is 4.12. The Kier molecular flexibility index (Phi) is 2.31. The molecule has 0 bridgehead atoms. The van der Waals surface area contributed by atoms with Crippen molar-refractivity contribution >= 4 is 5.95 Å². The third kappa shape index (κ3) is 1.77. The molecule has 0 saturated carbocycles. The van der Waals surface area contributed by atoms with Crippen LogP contribution in [0.15, 0.2) is 24.3 Å². The first-order valence-corrected chi connectivity index (χ1v) is 5.67. The molecule has 1 atom stereocenters. The molecule has 0 aliphatic carbocycles. The zero-order valence-electron chi connectivity index (χ0n) is 9.31. The normalized spacial score (nSPS) is 19.0. The third-order valence-corrected chi connectivity index (χ3v) is 3.22. The maximum Gasteiger partial charge on any atom is 0.239 e. The number of aromatic nitrogens is 3. The van der Waals surface area contributed by atoms with Crippen LogP contribution < -0.4 is 5.73 Å². The summed E-state index contributed by atoms with van der Waals surface area (Å²) < 4.78 is 15.5. The van der Waals surface area contributed by atoms with Gasteiger partial charge >= 0.3 is 0 Å². The van der Waals surface area contributed by atoms with Gasteiger partial charge in [-0.3, -0.25) is 0 Å². The number of rotatable bonds is 1. The molecular weight excluding hydrogens is 219 g/mol. The second-order valence-corrected chi connectivity index (χ2v) is 4.33. The highest BCUT2D eigenvalue weighted by molar-refractivity contribution is 5.24. The summed E-state index contributed by atoms with van der Waals surface area (Å²) in [7, 11) is 0. The van der Waals surface area contributed by atoms with Crippen LogP contribution in [-0.2, 0) is 13.0 Å². The van der Waals surface area contributed by atoms with E-state index in [1.165, 1.54) is 6.07 Å². The smallest absolute Gasteiger partial charge is 0.239 e. The van der Waals surface area contributed by atoms with Crippen LogP contribution in [0.3, 0.4) is 0 Å². The minimum atomic E-state index is -0.144. The monoisotopic (exact) mass is 232 g/mol. The Balaban J connectivity index is 1.91. The molecule has 1 aromatic carbocycles. The van der Waals surface area contributed by atoms with Gasteiger partial charge in [-0.2, -0.15) is 4.98 Å². The Bertz CT molecular complexity index is 549. The highest BCUT2D eigenvalue weighted by atomic mass is 19.1. The Labute approximate surface area is 98.3 Å². The maximum absolute atomic E-state index is 13.7. The van der Waals surface area contributed by atoms with E-state index in [4.69, 9.17) is 5.73 Å². The molecule has 88 valence electrons. The van der Waals surface area contributed by atoms with Gasteiger partial charge in [0, 0.05) is 12.3 Å². The lowest BCUT2D eigenvalue weighted by atomic mass is 9.91. The van der Waals surface area contributed by atoms with Gasteiger partial charge in [-0.15, -0.1) is 5.10 Å². The van der Waals surface area contributed by atoms with E-state index >= 15 is 0 Å². The number of aryl methyl sites for hydroxylation is 1. The second kappa shape index (κ2) is 3.84. The molecule has 3 rings (SSSR count). The van der Waals surface area contributed by atoms with Crippen molar-refractivity contribution in [3.05, 3.63) is 41.5 Å². The Morgan fingerprint density at radius 2 is 2.18 bits per heavy atom. The van der Waals surface area contributed by atoms with E-state index in [9.17, 15) is 4.39 Å². The number of hydrogen-bond acceptors (Lipinski definition) is 3. The molecular formula is C12H13FN4. The van der Waals surface area contributed by atoms with E-state index in [-0.39, 0.29) is 11.7 Å². The molecule has 2 aromatic rings. The van der Waals surface area contributed by atoms with Crippen molar-refractivity contribution in [3.8, 4) is 0 Å². The fraction of sp³-hybridized carbons (Fsp3) is 0.333. The average Bonchev–Trinajstić information content (AvgIpc) is 2.68. The summed E-state index contributed by atoms with van der Waals surface area (Å²) in [6.45, 7) is 0.653. The molecule has 17 heavy (non-hydrogen) atoms. The van der Waals surface area contributed by atoms with E-state index in [1.54, 1.807) is 10.7 Å². The standard InChI is InChI=1S/C12H13FN4/c13-10-4-2-1-3-9(10)8-5-6-11-15-12(14)16-17(11)7-8/h1-4,8H,5-7H2,(H2,14,16). The summed E-state index contributed by atoms with van der Waals surface area (Å²) in [6, 6.07) is 6.91. The summed E-state index contributed by atoms with van der Waals surface area (Å²) in [6.07, 6.45) is 1.68. The summed E-state index contributed by atoms with van der Waals surface area (Å²) in [5.74, 6) is 1.21. The molecule has 1 aromatic heterocycles. The lowest BCUT2D eigenvalue weighted by molar-refractivity contribution is 0.412. The molecule has 2 heterocycles. The fourth-order valence-electron chi connectivity index (χ4n) is 2.39. The number of anilines is 1. The van der Waals surface area contributed by atoms with Crippen molar-refractivity contribution in [3.63, 3.8) is 0 Å². The van der Waals surface area contributed by atoms with Crippen LogP contribution in [0.2, 0.25) is 0 Å². The van der Waals surface area contributed by atoms with Crippen LogP contribution in [0.5, 0.6) is 0 Å². The van der Waals surface area contributed by atoms with E-state index in [2.05, 4.69) is 10.1 Å². The summed E-state index contributed by atoms with van der Waals surface area (Å²) >= 11 is 0. The zero-order chi connectivity index (χ0) is 11.8. The molecule has 0 spiro atoms. The molecule has 0 fully saturated rings. The van der Waals surface area contributed by atoms with Gasteiger partial charge in [0.2, 0.25) is 5.95 Å². The molecule has 1 unspecified atom stereocenters. The van der Waals surface area contributed by atoms with Gasteiger partial charge in [0.25, 0.3) is 0 Å². The maximum atomic E-state index is 13.7. The largest absolute Gasteiger partial charge is 0.366 e. The SMILES string of the molecule is Nc1nc2n(n1)CC(c1ccccc1F)CC2. The summed E-state index contributed by atoms with van der Waals surface area (Å²) in [4.78, 5) is 4.14. The van der Waals surface area contributed by atoms with Crippen LogP contribution in [-0.4, -0.2) is 14.8 Å². The predicted octanol–water partition coefficient (Wildman–Crippen LogP) is 1.73. The Morgan fingerprint density at radius 1 is 1.35 bits per heavy atom. The van der Waals surface area contributed by atoms with Crippen LogP contribution in [0.1, 0.15) is 23.7 Å². The summed E-state index contributed by atoms with van der Waals surface area (Å²) in [5.41, 5.74) is 6.31. The molecule has 0 saturated heterocycles. The van der Waals surface area contributed by atoms with Gasteiger partial charge in [-0.25, -0.2) is 9.07 Å². The van der Waals surface area contributed by atoms with E-state index in [1.807, 2.05) is 12.1 Å². The minimum absolute atomic E-state index is 0.144. The number of nitrogens with two attached hydrogens (primary N) is 1. The minimum Gasteiger partial charge on any atom is -0.366 e. The van der Waals surface area contributed by atoms with E-state index in [0.29, 0.717) is 12.5 Å². The topological polar surface area (TPSA) is 56.7 Å². The van der Waals surface area contributed by atoms with Crippen LogP contribution in [0.4, 0.5) is 10.3 Å². The first-order chi connectivity index (χ1) is 8.24. The lowest BCUT2D eigenvalue weighted by Gasteiger charge is -2.22. The van der Waals surface area contributed by atoms with E-state index in [0.717, 1.165) is 24.2 Å². The van der Waals surface area contributed by atoms with Gasteiger partial charge in [-0.05, 0) is 18.1 Å². The number of hydrogen-bond donors (Lipinski definition) is 1. The zero-order valence-corrected chi connectivity index (χ0v) is 9.31. The molecule has 4 nitrogen and oxygen atoms in total. The first-order valence-electron chi connectivity index (χ1n) is 5.67. The first kappa shape index (κ1) is 10.3. The van der Waals surface area contributed by atoms with Crippen LogP contribution in [0, 0.1) is 5.82 Å². The average molecular weight is 232 g/mol. The molecule has 0 amide bonds. The molecule has 2 N–H and O–H groups in total. The van der Waals surface area contributed by atoms with Gasteiger partial charge in [-0.1, -0.05) is 18.2 Å². The van der Waals surface area contributed by atoms with Crippen LogP contribution >= 0.6 is 0 Å². The van der Waals surface area contributed by atoms with Gasteiger partial charge in [0.05, 0.1) is 6.54 Å². The van der Waals surface area contributed by atoms with Gasteiger partial charge in [0.1, 0.15) is 11.6 Å². The lowest BCUT2D eigenvalue weighted by Crippen LogP contribution is -2.20. The molecule has 1 aliphatic rings. The third-order valence-electron chi connectivity index (χ3n) is 3.22. The quantitative estimate of drug-likeness (QED) is 0.814. The van der Waals surface area contributed by atoms with Gasteiger partial charge < -0.3 is 5.73 Å². The highest BCUT2D eigenvalue weighted by Gasteiger charge is 2.24. The molecule has 1 aliphatic heterocycles. The van der Waals surface area contributed by atoms with Crippen molar-refractivity contribution in [2.75, 3.05) is 5.73 Å². The van der Waals surface area contributed by atoms with Crippen LogP contribution in [0.25, 0.3) is 0 Å². The van der Waals surface area contributed by atoms with Crippen molar-refractivity contribution in [2.45, 2.75) is 25.3 Å². The number of nitrogens with zero attached hydrogens (tertiary/aromatic N) is 3. The number of benzene rings is 1. The van der Waals surface area contributed by atoms with Crippen molar-refractivity contribution in [1.82, 2.24) is 14.8 Å². The van der Waals surface area contributed by atoms with Gasteiger partial charge in [0.15, 0.2) is 0 Å². The van der Waals surface area contributed by atoms with Crippen molar-refractivity contribution in [1.29, 1.82) is 0 Å². The number of halogens is 1. The van der Waals surface area contributed by atoms with Crippen molar-refractivity contribution in [2.24, 2.45) is 0 Å². The fourth-order valence-corrected chi connectivity index (χ4v) is 2.39. The Morgan fingerprint density at radius 3 is 3.00 bits per heavy atom.